The predicted molar refractivity (Wildman–Crippen MR) is 104 cm³/mol. The summed E-state index contributed by atoms with van der Waals surface area (Å²) in [6.07, 6.45) is 0. The molecule has 134 valence electrons. The summed E-state index contributed by atoms with van der Waals surface area (Å²) in [5.41, 5.74) is 3.78. The largest absolute Gasteiger partial charge is 0.348 e. The Morgan fingerprint density at radius 1 is 1.08 bits per heavy atom. The summed E-state index contributed by atoms with van der Waals surface area (Å²) in [6.45, 7) is 5.69. The van der Waals surface area contributed by atoms with Gasteiger partial charge in [-0.05, 0) is 49.1 Å². The zero-order valence-corrected chi connectivity index (χ0v) is 15.2. The third-order valence-electron chi connectivity index (χ3n) is 4.40. The van der Waals surface area contributed by atoms with Crippen molar-refractivity contribution >= 4 is 28.4 Å². The summed E-state index contributed by atoms with van der Waals surface area (Å²) >= 11 is 0. The molecule has 1 heterocycles. The molecule has 0 fully saturated rings. The Kier molecular flexibility index (Phi) is 5.07. The predicted octanol–water partition coefficient (Wildman–Crippen LogP) is 3.79. The number of hydrogen-bond acceptors (Lipinski definition) is 2. The summed E-state index contributed by atoms with van der Waals surface area (Å²) < 4.78 is 2.02. The highest BCUT2D eigenvalue weighted by Crippen LogP contribution is 2.20. The minimum absolute atomic E-state index is 0.0492. The first-order chi connectivity index (χ1) is 12.4. The van der Waals surface area contributed by atoms with Crippen LogP contribution in [-0.2, 0) is 16.1 Å². The maximum atomic E-state index is 12.6. The lowest BCUT2D eigenvalue weighted by atomic mass is 10.1. The summed E-state index contributed by atoms with van der Waals surface area (Å²) in [5.74, 6) is -0.166. The normalized spacial score (nSPS) is 12.0. The van der Waals surface area contributed by atoms with Gasteiger partial charge in [-0.1, -0.05) is 30.3 Å². The number of carbonyl (C=O) groups excluding carboxylic acids is 2. The van der Waals surface area contributed by atoms with Crippen molar-refractivity contribution in [2.45, 2.75) is 33.4 Å². The van der Waals surface area contributed by atoms with E-state index in [2.05, 4.69) is 16.7 Å². The van der Waals surface area contributed by atoms with E-state index in [0.717, 1.165) is 27.8 Å². The van der Waals surface area contributed by atoms with Crippen LogP contribution in [-0.4, -0.2) is 16.4 Å². The lowest BCUT2D eigenvalue weighted by Gasteiger charge is -2.16. The first-order valence-corrected chi connectivity index (χ1v) is 8.66. The van der Waals surface area contributed by atoms with Crippen LogP contribution in [0.5, 0.6) is 0 Å². The molecule has 0 radical (unpaired) electrons. The molecule has 1 aromatic heterocycles. The van der Waals surface area contributed by atoms with Gasteiger partial charge in [0.1, 0.15) is 6.54 Å². The van der Waals surface area contributed by atoms with Gasteiger partial charge in [-0.25, -0.2) is 0 Å². The van der Waals surface area contributed by atoms with Gasteiger partial charge in [-0.15, -0.1) is 0 Å². The van der Waals surface area contributed by atoms with E-state index in [1.165, 1.54) is 6.92 Å². The second-order valence-electron chi connectivity index (χ2n) is 6.53. The molecule has 0 aliphatic rings. The van der Waals surface area contributed by atoms with Crippen molar-refractivity contribution in [3.63, 3.8) is 0 Å². The molecule has 0 saturated carbocycles. The number of nitrogens with one attached hydrogen (secondary N) is 2. The standard InChI is InChI=1S/C21H23N3O2/c1-14-11-18-7-4-5-10-20(18)24(14)13-21(26)22-15(2)17-8-6-9-19(12-17)23-16(3)25/h4-12,15H,13H2,1-3H3,(H,22,26)(H,23,25). The Bertz CT molecular complexity index is 959. The van der Waals surface area contributed by atoms with E-state index < -0.39 is 0 Å². The summed E-state index contributed by atoms with van der Waals surface area (Å²) in [4.78, 5) is 23.8. The Labute approximate surface area is 153 Å². The second-order valence-corrected chi connectivity index (χ2v) is 6.53. The lowest BCUT2D eigenvalue weighted by molar-refractivity contribution is -0.122. The number of rotatable bonds is 5. The SMILES string of the molecule is CC(=O)Nc1cccc(C(C)NC(=O)Cn2c(C)cc3ccccc32)c1. The zero-order chi connectivity index (χ0) is 18.7. The van der Waals surface area contributed by atoms with E-state index in [9.17, 15) is 9.59 Å². The lowest BCUT2D eigenvalue weighted by Crippen LogP contribution is -2.30. The van der Waals surface area contributed by atoms with Crippen molar-refractivity contribution in [1.82, 2.24) is 9.88 Å². The van der Waals surface area contributed by atoms with Gasteiger partial charge in [-0.2, -0.15) is 0 Å². The smallest absolute Gasteiger partial charge is 0.240 e. The minimum atomic E-state index is -0.154. The highest BCUT2D eigenvalue weighted by atomic mass is 16.2. The van der Waals surface area contributed by atoms with Gasteiger partial charge >= 0.3 is 0 Å². The van der Waals surface area contributed by atoms with E-state index in [1.54, 1.807) is 0 Å². The van der Waals surface area contributed by atoms with Crippen molar-refractivity contribution in [3.8, 4) is 0 Å². The van der Waals surface area contributed by atoms with Gasteiger partial charge in [-0.3, -0.25) is 9.59 Å². The molecule has 0 spiro atoms. The van der Waals surface area contributed by atoms with E-state index in [1.807, 2.05) is 66.9 Å². The number of amides is 2. The molecule has 0 aliphatic heterocycles. The molecule has 2 N–H and O–H groups in total. The van der Waals surface area contributed by atoms with Crippen LogP contribution in [0.3, 0.4) is 0 Å². The molecule has 0 saturated heterocycles. The third kappa shape index (κ3) is 3.94. The zero-order valence-electron chi connectivity index (χ0n) is 15.2. The van der Waals surface area contributed by atoms with Crippen molar-refractivity contribution in [2.24, 2.45) is 0 Å². The van der Waals surface area contributed by atoms with Crippen molar-refractivity contribution in [2.75, 3.05) is 5.32 Å². The number of para-hydroxylation sites is 1. The molecule has 5 nitrogen and oxygen atoms in total. The van der Waals surface area contributed by atoms with Gasteiger partial charge < -0.3 is 15.2 Å². The van der Waals surface area contributed by atoms with Crippen molar-refractivity contribution < 1.29 is 9.59 Å². The fourth-order valence-electron chi connectivity index (χ4n) is 3.16. The Hall–Kier alpha value is -3.08. The number of anilines is 1. The van der Waals surface area contributed by atoms with Crippen LogP contribution in [0.15, 0.2) is 54.6 Å². The van der Waals surface area contributed by atoms with Crippen LogP contribution in [0.4, 0.5) is 5.69 Å². The topological polar surface area (TPSA) is 63.1 Å². The molecule has 0 bridgehead atoms. The number of aromatic nitrogens is 1. The van der Waals surface area contributed by atoms with E-state index in [0.29, 0.717) is 0 Å². The Morgan fingerprint density at radius 3 is 2.62 bits per heavy atom. The molecular formula is C21H23N3O2. The molecule has 2 amide bonds. The van der Waals surface area contributed by atoms with Gasteiger partial charge in [0.2, 0.25) is 11.8 Å². The molecule has 1 unspecified atom stereocenters. The fraction of sp³-hybridized carbons (Fsp3) is 0.238. The van der Waals surface area contributed by atoms with Crippen molar-refractivity contribution in [3.05, 3.63) is 65.9 Å². The number of carbonyl (C=O) groups is 2. The number of aryl methyl sites for hydroxylation is 1. The molecule has 26 heavy (non-hydrogen) atoms. The molecule has 1 atom stereocenters. The highest BCUT2D eigenvalue weighted by molar-refractivity contribution is 5.88. The molecule has 0 aliphatic carbocycles. The highest BCUT2D eigenvalue weighted by Gasteiger charge is 2.13. The summed E-state index contributed by atoms with van der Waals surface area (Å²) in [7, 11) is 0. The summed E-state index contributed by atoms with van der Waals surface area (Å²) in [5, 5.41) is 6.93. The maximum Gasteiger partial charge on any atom is 0.240 e. The molecule has 3 rings (SSSR count). The number of hydrogen-bond donors (Lipinski definition) is 2. The number of fused-ring (bicyclic) bond motifs is 1. The average molecular weight is 349 g/mol. The monoisotopic (exact) mass is 349 g/mol. The van der Waals surface area contributed by atoms with Crippen molar-refractivity contribution in [1.29, 1.82) is 0 Å². The van der Waals surface area contributed by atoms with Crippen LogP contribution in [0.2, 0.25) is 0 Å². The first kappa shape index (κ1) is 17.7. The van der Waals surface area contributed by atoms with Crippen LogP contribution >= 0.6 is 0 Å². The fourth-order valence-corrected chi connectivity index (χ4v) is 3.16. The molecule has 5 heteroatoms. The quantitative estimate of drug-likeness (QED) is 0.736. The van der Waals surface area contributed by atoms with Crippen LogP contribution < -0.4 is 10.6 Å². The Balaban J connectivity index is 1.71. The van der Waals surface area contributed by atoms with Gasteiger partial charge in [0.15, 0.2) is 0 Å². The van der Waals surface area contributed by atoms with E-state index in [4.69, 9.17) is 0 Å². The second kappa shape index (κ2) is 7.44. The minimum Gasteiger partial charge on any atom is -0.348 e. The maximum absolute atomic E-state index is 12.6. The van der Waals surface area contributed by atoms with Crippen LogP contribution in [0, 0.1) is 6.92 Å². The first-order valence-electron chi connectivity index (χ1n) is 8.66. The van der Waals surface area contributed by atoms with Gasteiger partial charge in [0, 0.05) is 23.8 Å². The van der Waals surface area contributed by atoms with Gasteiger partial charge in [0.05, 0.1) is 6.04 Å². The van der Waals surface area contributed by atoms with Crippen LogP contribution in [0.1, 0.15) is 31.1 Å². The third-order valence-corrected chi connectivity index (χ3v) is 4.40. The van der Waals surface area contributed by atoms with E-state index in [-0.39, 0.29) is 24.4 Å². The Morgan fingerprint density at radius 2 is 1.85 bits per heavy atom. The molecular weight excluding hydrogens is 326 g/mol. The van der Waals surface area contributed by atoms with E-state index >= 15 is 0 Å². The molecule has 2 aromatic carbocycles. The number of nitrogens with zero attached hydrogens (tertiary/aromatic N) is 1. The molecule has 3 aromatic rings. The number of benzene rings is 2. The average Bonchev–Trinajstić information content (AvgIpc) is 2.90. The van der Waals surface area contributed by atoms with Gasteiger partial charge in [0.25, 0.3) is 0 Å². The summed E-state index contributed by atoms with van der Waals surface area (Å²) in [6, 6.07) is 17.5. The van der Waals surface area contributed by atoms with Crippen LogP contribution in [0.25, 0.3) is 10.9 Å².